The number of carbonyl (C=O) groups is 2. The van der Waals surface area contributed by atoms with E-state index in [4.69, 9.17) is 9.47 Å². The Morgan fingerprint density at radius 1 is 1.15 bits per heavy atom. The number of piperazine rings is 1. The molecule has 0 aliphatic carbocycles. The van der Waals surface area contributed by atoms with Gasteiger partial charge in [-0.05, 0) is 31.2 Å². The minimum absolute atomic E-state index is 0.0887. The van der Waals surface area contributed by atoms with Gasteiger partial charge in [-0.15, -0.1) is 0 Å². The third kappa shape index (κ3) is 3.90. The van der Waals surface area contributed by atoms with Crippen LogP contribution in [0.5, 0.6) is 11.5 Å². The molecule has 5 rings (SSSR count). The largest absolute Gasteiger partial charge is 0.507 e. The number of nitrogens with zero attached hydrogens (tertiary/aromatic N) is 3. The molecule has 0 saturated carbocycles. The summed E-state index contributed by atoms with van der Waals surface area (Å²) in [6.07, 6.45) is 3.44. The number of allylic oxidation sites excluding steroid dienone is 1. The van der Waals surface area contributed by atoms with Crippen LogP contribution in [0.25, 0.3) is 17.0 Å². The Hall–Kier alpha value is -3.78. The van der Waals surface area contributed by atoms with Crippen molar-refractivity contribution >= 4 is 28.9 Å². The number of ether oxygens (including phenoxy) is 2. The van der Waals surface area contributed by atoms with E-state index in [9.17, 15) is 14.7 Å². The highest BCUT2D eigenvalue weighted by atomic mass is 16.6. The Bertz CT molecular complexity index is 1300. The van der Waals surface area contributed by atoms with E-state index in [1.54, 1.807) is 30.0 Å². The maximum atomic E-state index is 13.1. The Morgan fingerprint density at radius 3 is 2.68 bits per heavy atom. The smallest absolute Gasteiger partial charge is 0.409 e. The molecule has 2 aliphatic heterocycles. The second-order valence-corrected chi connectivity index (χ2v) is 8.55. The second kappa shape index (κ2) is 8.87. The molecule has 1 fully saturated rings. The first-order valence-corrected chi connectivity index (χ1v) is 11.4. The van der Waals surface area contributed by atoms with E-state index in [0.29, 0.717) is 56.2 Å². The van der Waals surface area contributed by atoms with E-state index in [2.05, 4.69) is 4.90 Å². The number of ketones is 1. The molecule has 8 heteroatoms. The molecule has 1 aromatic heterocycles. The van der Waals surface area contributed by atoms with Crippen molar-refractivity contribution in [1.29, 1.82) is 0 Å². The molecule has 1 N–H and O–H groups in total. The number of carbonyl (C=O) groups excluding carboxylic acids is 2. The summed E-state index contributed by atoms with van der Waals surface area (Å²) in [4.78, 5) is 28.9. The molecule has 0 bridgehead atoms. The van der Waals surface area contributed by atoms with Gasteiger partial charge >= 0.3 is 6.09 Å². The molecule has 0 radical (unpaired) electrons. The lowest BCUT2D eigenvalue weighted by molar-refractivity contribution is 0.0774. The first-order chi connectivity index (χ1) is 16.5. The van der Waals surface area contributed by atoms with Crippen LogP contribution in [0.15, 0.2) is 48.4 Å². The average Bonchev–Trinajstić information content (AvgIpc) is 3.33. The second-order valence-electron chi connectivity index (χ2n) is 8.55. The van der Waals surface area contributed by atoms with Crippen LogP contribution in [0.1, 0.15) is 28.4 Å². The molecular formula is C26H27N3O5. The zero-order chi connectivity index (χ0) is 23.8. The van der Waals surface area contributed by atoms with Crippen molar-refractivity contribution in [1.82, 2.24) is 14.4 Å². The van der Waals surface area contributed by atoms with Crippen molar-refractivity contribution in [2.75, 3.05) is 32.8 Å². The van der Waals surface area contributed by atoms with Gasteiger partial charge in [0, 0.05) is 62.4 Å². The molecule has 1 amide bonds. The predicted molar refractivity (Wildman–Crippen MR) is 128 cm³/mol. The first-order valence-electron chi connectivity index (χ1n) is 11.4. The number of aromatic nitrogens is 1. The number of benzene rings is 2. The van der Waals surface area contributed by atoms with Crippen molar-refractivity contribution in [3.8, 4) is 11.5 Å². The Morgan fingerprint density at radius 2 is 1.91 bits per heavy atom. The summed E-state index contributed by atoms with van der Waals surface area (Å²) >= 11 is 0. The van der Waals surface area contributed by atoms with Crippen LogP contribution in [-0.2, 0) is 18.3 Å². The van der Waals surface area contributed by atoms with Gasteiger partial charge in [0.1, 0.15) is 11.5 Å². The van der Waals surface area contributed by atoms with Crippen molar-refractivity contribution in [2.45, 2.75) is 13.5 Å². The maximum absolute atomic E-state index is 13.1. The van der Waals surface area contributed by atoms with E-state index in [1.165, 1.54) is 0 Å². The molecule has 3 heterocycles. The van der Waals surface area contributed by atoms with E-state index >= 15 is 0 Å². The minimum atomic E-state index is -0.303. The van der Waals surface area contributed by atoms with E-state index in [0.717, 1.165) is 16.5 Å². The van der Waals surface area contributed by atoms with Crippen molar-refractivity contribution in [3.05, 3.63) is 65.0 Å². The van der Waals surface area contributed by atoms with Gasteiger partial charge in [-0.3, -0.25) is 9.69 Å². The molecule has 2 aromatic carbocycles. The fraction of sp³-hybridized carbons (Fsp3) is 0.308. The van der Waals surface area contributed by atoms with Gasteiger partial charge in [-0.2, -0.15) is 0 Å². The van der Waals surface area contributed by atoms with Gasteiger partial charge in [0.25, 0.3) is 0 Å². The summed E-state index contributed by atoms with van der Waals surface area (Å²) in [5.74, 6) is 0.539. The van der Waals surface area contributed by atoms with Gasteiger partial charge in [0.2, 0.25) is 5.78 Å². The third-order valence-electron chi connectivity index (χ3n) is 6.41. The van der Waals surface area contributed by atoms with Crippen LogP contribution >= 0.6 is 0 Å². The number of hydrogen-bond acceptors (Lipinski definition) is 6. The van der Waals surface area contributed by atoms with E-state index in [1.807, 2.05) is 42.1 Å². The number of aromatic hydroxyl groups is 1. The molecule has 2 aliphatic rings. The summed E-state index contributed by atoms with van der Waals surface area (Å²) in [6, 6.07) is 11.1. The fourth-order valence-corrected chi connectivity index (χ4v) is 4.61. The predicted octanol–water partition coefficient (Wildman–Crippen LogP) is 3.77. The number of para-hydroxylation sites is 1. The van der Waals surface area contributed by atoms with Gasteiger partial charge in [-0.1, -0.05) is 18.2 Å². The summed E-state index contributed by atoms with van der Waals surface area (Å²) < 4.78 is 13.2. The Kier molecular flexibility index (Phi) is 5.75. The van der Waals surface area contributed by atoms with Crippen LogP contribution in [-0.4, -0.2) is 64.1 Å². The molecule has 176 valence electrons. The number of amides is 1. The number of phenolic OH excluding ortho intramolecular Hbond substituents is 1. The molecule has 0 atom stereocenters. The van der Waals surface area contributed by atoms with Crippen LogP contribution in [0.3, 0.4) is 0 Å². The molecule has 0 spiro atoms. The summed E-state index contributed by atoms with van der Waals surface area (Å²) in [7, 11) is 1.97. The Labute approximate surface area is 197 Å². The normalized spacial score (nSPS) is 17.3. The van der Waals surface area contributed by atoms with Crippen LogP contribution in [0.2, 0.25) is 0 Å². The average molecular weight is 462 g/mol. The molecule has 1 saturated heterocycles. The zero-order valence-electron chi connectivity index (χ0n) is 19.3. The lowest BCUT2D eigenvalue weighted by Crippen LogP contribution is -2.48. The first kappa shape index (κ1) is 22.0. The van der Waals surface area contributed by atoms with Crippen molar-refractivity contribution in [2.24, 2.45) is 7.05 Å². The van der Waals surface area contributed by atoms with Gasteiger partial charge in [-0.25, -0.2) is 4.79 Å². The van der Waals surface area contributed by atoms with E-state index in [-0.39, 0.29) is 23.4 Å². The highest BCUT2D eigenvalue weighted by molar-refractivity contribution is 6.15. The van der Waals surface area contributed by atoms with Crippen LogP contribution < -0.4 is 4.74 Å². The number of Topliss-reactive ketones (excluding diaryl/α,β-unsaturated/α-hetero) is 1. The molecule has 8 nitrogen and oxygen atoms in total. The lowest BCUT2D eigenvalue weighted by atomic mass is 10.0. The van der Waals surface area contributed by atoms with Gasteiger partial charge in [0.05, 0.1) is 17.7 Å². The minimum Gasteiger partial charge on any atom is -0.507 e. The summed E-state index contributed by atoms with van der Waals surface area (Å²) in [6.45, 7) is 4.91. The molecular weight excluding hydrogens is 434 g/mol. The number of aryl methyl sites for hydroxylation is 1. The molecule has 34 heavy (non-hydrogen) atoms. The fourth-order valence-electron chi connectivity index (χ4n) is 4.61. The van der Waals surface area contributed by atoms with Crippen molar-refractivity contribution < 1.29 is 24.2 Å². The highest BCUT2D eigenvalue weighted by Gasteiger charge is 2.32. The van der Waals surface area contributed by atoms with Gasteiger partial charge < -0.3 is 24.0 Å². The summed E-state index contributed by atoms with van der Waals surface area (Å²) in [5, 5.41) is 11.6. The standard InChI is InChI=1S/C26H27N3O5/c1-3-33-26(32)29-12-10-28(11-13-29)16-20-22(30)9-8-19-24(31)23(34-25(19)20)14-17-15-27(2)21-7-5-4-6-18(17)21/h4-9,14-15,30H,3,10-13,16H2,1-2H3/b23-14+. The van der Waals surface area contributed by atoms with Crippen LogP contribution in [0.4, 0.5) is 4.79 Å². The van der Waals surface area contributed by atoms with Gasteiger partial charge in [0.15, 0.2) is 5.76 Å². The lowest BCUT2D eigenvalue weighted by Gasteiger charge is -2.34. The number of hydrogen-bond donors (Lipinski definition) is 1. The highest BCUT2D eigenvalue weighted by Crippen LogP contribution is 2.40. The number of rotatable bonds is 4. The zero-order valence-corrected chi connectivity index (χ0v) is 19.3. The molecule has 3 aromatic rings. The van der Waals surface area contributed by atoms with E-state index < -0.39 is 0 Å². The SMILES string of the molecule is CCOC(=O)N1CCN(Cc2c(O)ccc3c2O/C(=C/c2cn(C)c4ccccc24)C3=O)CC1. The van der Waals surface area contributed by atoms with Crippen LogP contribution in [0, 0.1) is 0 Å². The molecule has 0 unspecified atom stereocenters. The maximum Gasteiger partial charge on any atom is 0.409 e. The quantitative estimate of drug-likeness (QED) is 0.596. The topological polar surface area (TPSA) is 84.2 Å². The number of fused-ring (bicyclic) bond motifs is 2. The monoisotopic (exact) mass is 461 g/mol. The third-order valence-corrected chi connectivity index (χ3v) is 6.41. The Balaban J connectivity index is 1.38. The van der Waals surface area contributed by atoms with Crippen molar-refractivity contribution in [3.63, 3.8) is 0 Å². The number of phenols is 1. The summed E-state index contributed by atoms with van der Waals surface area (Å²) in [5.41, 5.74) is 2.99.